The standard InChI is InChI=1S/C34H43ClN2O5S/c1-3-7-27-9-4-5-10-31(41-2)28-14-11-25(28)20-37-21-34(17-6-8-23-18-26(35)13-15-29(23)34)22-42-32-16-12-24(19-30(32)37)33(38)36-43(27,39)40/h5,10,12-13,15-16,18-19,25,27-28,31H,3-4,6-9,11,14,17,20-22H2,1-2H3,(H,36,38)/b10-5+/t25-,27-,28+,31-,34-/m0/s1. The van der Waals surface area contributed by atoms with Gasteiger partial charge in [0.1, 0.15) is 5.75 Å². The van der Waals surface area contributed by atoms with E-state index < -0.39 is 21.2 Å². The Morgan fingerprint density at radius 1 is 1.16 bits per heavy atom. The van der Waals surface area contributed by atoms with E-state index in [-0.39, 0.29) is 11.5 Å². The lowest BCUT2D eigenvalue weighted by Crippen LogP contribution is -2.49. The maximum Gasteiger partial charge on any atom is 0.264 e. The number of benzene rings is 2. The quantitative estimate of drug-likeness (QED) is 0.395. The van der Waals surface area contributed by atoms with Crippen molar-refractivity contribution in [1.82, 2.24) is 4.72 Å². The molecule has 9 heteroatoms. The van der Waals surface area contributed by atoms with E-state index in [0.717, 1.165) is 68.1 Å². The second-order valence-electron chi connectivity index (χ2n) is 12.9. The normalized spacial score (nSPS) is 31.0. The van der Waals surface area contributed by atoms with Crippen LogP contribution in [0.5, 0.6) is 5.75 Å². The summed E-state index contributed by atoms with van der Waals surface area (Å²) in [5, 5.41) is 0.109. The second kappa shape index (κ2) is 12.4. The van der Waals surface area contributed by atoms with Gasteiger partial charge in [0, 0.05) is 36.2 Å². The molecule has 5 atom stereocenters. The monoisotopic (exact) mass is 626 g/mol. The van der Waals surface area contributed by atoms with Crippen LogP contribution >= 0.6 is 11.6 Å². The third kappa shape index (κ3) is 6.07. The van der Waals surface area contributed by atoms with Gasteiger partial charge in [-0.05, 0) is 105 Å². The van der Waals surface area contributed by atoms with Crippen LogP contribution < -0.4 is 14.4 Å². The molecule has 1 N–H and O–H groups in total. The van der Waals surface area contributed by atoms with E-state index >= 15 is 0 Å². The van der Waals surface area contributed by atoms with Gasteiger partial charge in [0.25, 0.3) is 5.91 Å². The summed E-state index contributed by atoms with van der Waals surface area (Å²) >= 11 is 6.41. The van der Waals surface area contributed by atoms with Crippen LogP contribution in [0.1, 0.15) is 79.8 Å². The number of sulfonamides is 1. The molecule has 0 unspecified atom stereocenters. The van der Waals surface area contributed by atoms with E-state index in [1.807, 2.05) is 25.1 Å². The number of amides is 1. The summed E-state index contributed by atoms with van der Waals surface area (Å²) < 4.78 is 41.7. The van der Waals surface area contributed by atoms with Gasteiger partial charge in [-0.1, -0.05) is 43.2 Å². The number of hydrogen-bond acceptors (Lipinski definition) is 6. The Bertz CT molecular complexity index is 1490. The number of fused-ring (bicyclic) bond motifs is 4. The zero-order valence-corrected chi connectivity index (χ0v) is 26.8. The molecule has 0 aromatic heterocycles. The molecule has 2 aliphatic heterocycles. The Balaban J connectivity index is 1.42. The lowest BCUT2D eigenvalue weighted by atomic mass is 9.68. The summed E-state index contributed by atoms with van der Waals surface area (Å²) in [6.45, 7) is 4.05. The number of allylic oxidation sites excluding steroid dienone is 1. The zero-order valence-electron chi connectivity index (χ0n) is 25.2. The minimum absolute atomic E-state index is 0.0202. The van der Waals surface area contributed by atoms with E-state index in [1.165, 1.54) is 11.1 Å². The Morgan fingerprint density at radius 3 is 2.79 bits per heavy atom. The molecular formula is C34H43ClN2O5S. The van der Waals surface area contributed by atoms with Crippen molar-refractivity contribution in [3.8, 4) is 5.75 Å². The van der Waals surface area contributed by atoms with Gasteiger partial charge >= 0.3 is 0 Å². The molecule has 43 heavy (non-hydrogen) atoms. The molecule has 0 saturated heterocycles. The number of methoxy groups -OCH3 is 1. The van der Waals surface area contributed by atoms with Crippen molar-refractivity contribution in [3.63, 3.8) is 0 Å². The van der Waals surface area contributed by atoms with Crippen LogP contribution in [0.2, 0.25) is 5.02 Å². The predicted molar refractivity (Wildman–Crippen MR) is 171 cm³/mol. The van der Waals surface area contributed by atoms with Crippen molar-refractivity contribution in [2.45, 2.75) is 81.5 Å². The number of anilines is 1. The van der Waals surface area contributed by atoms with Gasteiger partial charge in [-0.2, -0.15) is 0 Å². The van der Waals surface area contributed by atoms with Crippen molar-refractivity contribution >= 4 is 33.2 Å². The molecule has 2 bridgehead atoms. The Labute approximate surface area is 261 Å². The average Bonchev–Trinajstić information content (AvgIpc) is 3.12. The van der Waals surface area contributed by atoms with Crippen LogP contribution in [-0.4, -0.2) is 52.5 Å². The topological polar surface area (TPSA) is 84.9 Å². The minimum Gasteiger partial charge on any atom is -0.490 e. The maximum absolute atomic E-state index is 13.5. The van der Waals surface area contributed by atoms with E-state index in [4.69, 9.17) is 21.1 Å². The lowest BCUT2D eigenvalue weighted by molar-refractivity contribution is 0.0132. The molecule has 1 saturated carbocycles. The molecule has 2 aromatic rings. The number of rotatable bonds is 3. The van der Waals surface area contributed by atoms with Gasteiger partial charge in [0.05, 0.1) is 23.6 Å². The third-order valence-corrected chi connectivity index (χ3v) is 12.2. The first kappa shape index (κ1) is 30.5. The van der Waals surface area contributed by atoms with Crippen LogP contribution in [0.3, 0.4) is 0 Å². The van der Waals surface area contributed by atoms with E-state index in [0.29, 0.717) is 43.3 Å². The molecule has 232 valence electrons. The first-order valence-electron chi connectivity index (χ1n) is 15.8. The van der Waals surface area contributed by atoms with Crippen molar-refractivity contribution < 1.29 is 22.7 Å². The third-order valence-electron chi connectivity index (χ3n) is 10.2. The number of aryl methyl sites for hydroxylation is 1. The molecule has 6 rings (SSSR count). The highest BCUT2D eigenvalue weighted by Gasteiger charge is 2.44. The summed E-state index contributed by atoms with van der Waals surface area (Å²) in [6, 6.07) is 11.6. The smallest absolute Gasteiger partial charge is 0.264 e. The number of carbonyl (C=O) groups is 1. The fourth-order valence-electron chi connectivity index (χ4n) is 7.75. The van der Waals surface area contributed by atoms with Crippen molar-refractivity contribution in [3.05, 3.63) is 70.3 Å². The highest BCUT2D eigenvalue weighted by Crippen LogP contribution is 2.47. The first-order valence-corrected chi connectivity index (χ1v) is 17.7. The fourth-order valence-corrected chi connectivity index (χ4v) is 9.48. The molecule has 4 aliphatic rings. The Hall–Kier alpha value is -2.55. The van der Waals surface area contributed by atoms with Gasteiger partial charge in [-0.25, -0.2) is 13.1 Å². The minimum atomic E-state index is -3.86. The fraction of sp³-hybridized carbons (Fsp3) is 0.559. The van der Waals surface area contributed by atoms with Gasteiger partial charge in [-0.15, -0.1) is 0 Å². The van der Waals surface area contributed by atoms with Crippen LogP contribution in [-0.2, 0) is 26.6 Å². The molecule has 1 spiro atoms. The molecule has 1 fully saturated rings. The predicted octanol–water partition coefficient (Wildman–Crippen LogP) is 6.43. The highest BCUT2D eigenvalue weighted by molar-refractivity contribution is 7.90. The van der Waals surface area contributed by atoms with Crippen LogP contribution in [0.4, 0.5) is 5.69 Å². The number of nitrogens with one attached hydrogen (secondary N) is 1. The summed E-state index contributed by atoms with van der Waals surface area (Å²) in [7, 11) is -2.09. The van der Waals surface area contributed by atoms with Crippen molar-refractivity contribution in [2.75, 3.05) is 31.7 Å². The van der Waals surface area contributed by atoms with Crippen LogP contribution in [0.15, 0.2) is 48.6 Å². The van der Waals surface area contributed by atoms with Gasteiger partial charge in [0.15, 0.2) is 0 Å². The van der Waals surface area contributed by atoms with Crippen LogP contribution in [0.25, 0.3) is 0 Å². The number of halogens is 1. The Kier molecular flexibility index (Phi) is 8.82. The number of carbonyl (C=O) groups excluding carboxylic acids is 1. The molecule has 2 aliphatic carbocycles. The second-order valence-corrected chi connectivity index (χ2v) is 15.3. The Morgan fingerprint density at radius 2 is 2.02 bits per heavy atom. The molecule has 2 aromatic carbocycles. The molecule has 7 nitrogen and oxygen atoms in total. The highest BCUT2D eigenvalue weighted by atomic mass is 35.5. The van der Waals surface area contributed by atoms with Gasteiger partial charge in [0.2, 0.25) is 10.0 Å². The maximum atomic E-state index is 13.5. The summed E-state index contributed by atoms with van der Waals surface area (Å²) in [5.74, 6) is 0.923. The van der Waals surface area contributed by atoms with E-state index in [2.05, 4.69) is 33.9 Å². The zero-order chi connectivity index (χ0) is 30.2. The van der Waals surface area contributed by atoms with E-state index in [9.17, 15) is 13.2 Å². The number of ether oxygens (including phenoxy) is 2. The van der Waals surface area contributed by atoms with E-state index in [1.54, 1.807) is 13.2 Å². The molecule has 1 amide bonds. The number of hydrogen-bond donors (Lipinski definition) is 1. The van der Waals surface area contributed by atoms with Gasteiger partial charge in [-0.3, -0.25) is 4.79 Å². The molecule has 0 radical (unpaired) electrons. The average molecular weight is 627 g/mol. The first-order chi connectivity index (χ1) is 20.7. The van der Waals surface area contributed by atoms with Crippen LogP contribution in [0, 0.1) is 11.8 Å². The van der Waals surface area contributed by atoms with Gasteiger partial charge < -0.3 is 14.4 Å². The summed E-state index contributed by atoms with van der Waals surface area (Å²) in [5.41, 5.74) is 3.51. The molecule has 2 heterocycles. The van der Waals surface area contributed by atoms with Crippen molar-refractivity contribution in [1.29, 1.82) is 0 Å². The largest absolute Gasteiger partial charge is 0.490 e. The van der Waals surface area contributed by atoms with Crippen molar-refractivity contribution in [2.24, 2.45) is 11.8 Å². The molecular weight excluding hydrogens is 584 g/mol. The lowest BCUT2D eigenvalue weighted by Gasteiger charge is -2.46. The SMILES string of the molecule is CCC[C@H]1CC/C=C/[C@H](OC)[C@@H]2CC[C@H]2CN2C[C@@]3(CCCc4cc(Cl)ccc43)COc3ccc(cc32)C(=O)NS1(=O)=O. The number of nitrogens with zero attached hydrogens (tertiary/aromatic N) is 1. The summed E-state index contributed by atoms with van der Waals surface area (Å²) in [6.07, 6.45) is 11.7. The summed E-state index contributed by atoms with van der Waals surface area (Å²) in [4.78, 5) is 15.9.